The summed E-state index contributed by atoms with van der Waals surface area (Å²) in [6.07, 6.45) is 4.25. The zero-order valence-corrected chi connectivity index (χ0v) is 17.8. The Labute approximate surface area is 172 Å². The van der Waals surface area contributed by atoms with E-state index in [1.165, 1.54) is 0 Å². The molecule has 0 unspecified atom stereocenters. The second kappa shape index (κ2) is 8.02. The standard InChI is InChI=1S/C22H31N5O2/c1-13(2)7-8-22(21(29)25-12-19(24)28)10-16-5-6-18(22)27(16)20-17(11-23)14(3)9-15(4)26-20/h9,13,16,18H,5-8,10,12H2,1-4H3,(H2,24,28)(H,25,29)/t16-,18+,22+/m1/s1. The van der Waals surface area contributed by atoms with Crippen LogP contribution in [-0.2, 0) is 9.59 Å². The number of carbonyl (C=O) groups excluding carboxylic acids is 2. The number of nitrogens with one attached hydrogen (secondary N) is 1. The molecule has 29 heavy (non-hydrogen) atoms. The molecule has 7 heteroatoms. The Morgan fingerprint density at radius 2 is 2.14 bits per heavy atom. The van der Waals surface area contributed by atoms with Crippen molar-refractivity contribution in [3.05, 3.63) is 22.9 Å². The third kappa shape index (κ3) is 3.81. The van der Waals surface area contributed by atoms with Crippen LogP contribution in [0, 0.1) is 36.5 Å². The molecule has 2 aliphatic rings. The molecule has 2 bridgehead atoms. The van der Waals surface area contributed by atoms with E-state index in [1.54, 1.807) is 0 Å². The van der Waals surface area contributed by atoms with E-state index >= 15 is 0 Å². The molecule has 3 N–H and O–H groups in total. The summed E-state index contributed by atoms with van der Waals surface area (Å²) < 4.78 is 0. The smallest absolute Gasteiger partial charge is 0.236 e. The number of nitriles is 1. The van der Waals surface area contributed by atoms with Crippen LogP contribution in [0.3, 0.4) is 0 Å². The third-order valence-electron chi connectivity index (χ3n) is 6.47. The molecular formula is C22H31N5O2. The number of hydrogen-bond acceptors (Lipinski definition) is 5. The van der Waals surface area contributed by atoms with Crippen molar-refractivity contribution in [3.63, 3.8) is 0 Å². The summed E-state index contributed by atoms with van der Waals surface area (Å²) in [5, 5.41) is 12.5. The lowest BCUT2D eigenvalue weighted by Crippen LogP contribution is -2.51. The van der Waals surface area contributed by atoms with Gasteiger partial charge in [-0.1, -0.05) is 13.8 Å². The Bertz CT molecular complexity index is 859. The van der Waals surface area contributed by atoms with Crippen LogP contribution in [0.4, 0.5) is 5.82 Å². The number of nitrogens with zero attached hydrogens (tertiary/aromatic N) is 3. The average Bonchev–Trinajstić information content (AvgIpc) is 3.20. The van der Waals surface area contributed by atoms with Gasteiger partial charge in [-0.15, -0.1) is 0 Å². The Morgan fingerprint density at radius 3 is 2.76 bits per heavy atom. The lowest BCUT2D eigenvalue weighted by molar-refractivity contribution is -0.134. The van der Waals surface area contributed by atoms with Gasteiger partial charge in [-0.3, -0.25) is 9.59 Å². The molecule has 1 aromatic rings. The van der Waals surface area contributed by atoms with Gasteiger partial charge in [-0.25, -0.2) is 4.98 Å². The maximum atomic E-state index is 13.3. The minimum atomic E-state index is -0.589. The predicted octanol–water partition coefficient (Wildman–Crippen LogP) is 2.34. The van der Waals surface area contributed by atoms with Crippen LogP contribution in [0.2, 0.25) is 0 Å². The first-order valence-electron chi connectivity index (χ1n) is 10.4. The normalized spacial score (nSPS) is 25.3. The van der Waals surface area contributed by atoms with Gasteiger partial charge in [0.05, 0.1) is 17.5 Å². The van der Waals surface area contributed by atoms with Gasteiger partial charge < -0.3 is 16.0 Å². The van der Waals surface area contributed by atoms with E-state index in [0.29, 0.717) is 23.7 Å². The summed E-state index contributed by atoms with van der Waals surface area (Å²) >= 11 is 0. The highest BCUT2D eigenvalue weighted by molar-refractivity contribution is 5.89. The monoisotopic (exact) mass is 397 g/mol. The molecule has 3 atom stereocenters. The van der Waals surface area contributed by atoms with E-state index in [4.69, 9.17) is 10.7 Å². The fourth-order valence-corrected chi connectivity index (χ4v) is 5.16. The van der Waals surface area contributed by atoms with Crippen molar-refractivity contribution in [1.29, 1.82) is 5.26 Å². The van der Waals surface area contributed by atoms with Crippen molar-refractivity contribution in [2.75, 3.05) is 11.4 Å². The Kier molecular flexibility index (Phi) is 5.83. The molecular weight excluding hydrogens is 366 g/mol. The molecule has 0 aliphatic carbocycles. The fraction of sp³-hybridized carbons (Fsp3) is 0.636. The van der Waals surface area contributed by atoms with Crippen molar-refractivity contribution in [2.24, 2.45) is 17.1 Å². The number of carbonyl (C=O) groups is 2. The van der Waals surface area contributed by atoms with Crippen LogP contribution >= 0.6 is 0 Å². The molecule has 0 saturated carbocycles. The molecule has 0 radical (unpaired) electrons. The number of amides is 2. The molecule has 156 valence electrons. The maximum Gasteiger partial charge on any atom is 0.236 e. The van der Waals surface area contributed by atoms with Gasteiger partial charge in [-0.2, -0.15) is 5.26 Å². The largest absolute Gasteiger partial charge is 0.368 e. The number of nitrogens with two attached hydrogens (primary N) is 1. The molecule has 0 aromatic carbocycles. The van der Waals surface area contributed by atoms with Crippen molar-refractivity contribution < 1.29 is 9.59 Å². The third-order valence-corrected chi connectivity index (χ3v) is 6.47. The highest BCUT2D eigenvalue weighted by atomic mass is 16.2. The van der Waals surface area contributed by atoms with Gasteiger partial charge >= 0.3 is 0 Å². The van der Waals surface area contributed by atoms with Gasteiger partial charge in [0.15, 0.2) is 0 Å². The number of rotatable bonds is 7. The zero-order valence-electron chi connectivity index (χ0n) is 17.8. The predicted molar refractivity (Wildman–Crippen MR) is 111 cm³/mol. The summed E-state index contributed by atoms with van der Waals surface area (Å²) in [7, 11) is 0. The van der Waals surface area contributed by atoms with Crippen LogP contribution in [0.25, 0.3) is 0 Å². The van der Waals surface area contributed by atoms with E-state index < -0.39 is 11.3 Å². The fourth-order valence-electron chi connectivity index (χ4n) is 5.16. The van der Waals surface area contributed by atoms with Crippen LogP contribution in [0.5, 0.6) is 0 Å². The van der Waals surface area contributed by atoms with Crippen molar-refractivity contribution in [2.45, 2.75) is 71.9 Å². The summed E-state index contributed by atoms with van der Waals surface area (Å²) in [6.45, 7) is 8.02. The van der Waals surface area contributed by atoms with E-state index in [9.17, 15) is 14.9 Å². The topological polar surface area (TPSA) is 112 Å². The lowest BCUT2D eigenvalue weighted by Gasteiger charge is -2.37. The number of fused-ring (bicyclic) bond motifs is 2. The summed E-state index contributed by atoms with van der Waals surface area (Å²) in [5.74, 6) is 0.529. The maximum absolute atomic E-state index is 13.3. The zero-order chi connectivity index (χ0) is 21.3. The SMILES string of the molecule is Cc1cc(C)c(C#N)c(N2[C@@H]3CC[C@H]2[C@@](CCC(C)C)(C(=O)NCC(N)=O)C3)n1. The van der Waals surface area contributed by atoms with Crippen LogP contribution in [-0.4, -0.2) is 35.4 Å². The second-order valence-corrected chi connectivity index (χ2v) is 8.99. The molecule has 2 saturated heterocycles. The number of hydrogen-bond donors (Lipinski definition) is 2. The second-order valence-electron chi connectivity index (χ2n) is 8.99. The van der Waals surface area contributed by atoms with Crippen molar-refractivity contribution >= 4 is 17.6 Å². The van der Waals surface area contributed by atoms with Gasteiger partial charge in [0.1, 0.15) is 11.9 Å². The van der Waals surface area contributed by atoms with Gasteiger partial charge in [-0.05, 0) is 63.5 Å². The number of pyridine rings is 1. The van der Waals surface area contributed by atoms with Crippen LogP contribution in [0.1, 0.15) is 62.8 Å². The minimum Gasteiger partial charge on any atom is -0.368 e. The van der Waals surface area contributed by atoms with Crippen LogP contribution in [0.15, 0.2) is 6.07 Å². The lowest BCUT2D eigenvalue weighted by atomic mass is 9.69. The first-order valence-corrected chi connectivity index (χ1v) is 10.4. The number of aromatic nitrogens is 1. The molecule has 2 amide bonds. The number of primary amides is 1. The molecule has 3 rings (SSSR count). The van der Waals surface area contributed by atoms with Crippen molar-refractivity contribution in [3.8, 4) is 6.07 Å². The van der Waals surface area contributed by atoms with E-state index in [2.05, 4.69) is 30.1 Å². The molecule has 2 fully saturated rings. The first kappa shape index (κ1) is 21.1. The van der Waals surface area contributed by atoms with E-state index in [0.717, 1.165) is 36.9 Å². The Hall–Kier alpha value is -2.62. The summed E-state index contributed by atoms with van der Waals surface area (Å²) in [4.78, 5) is 31.5. The Morgan fingerprint density at radius 1 is 1.41 bits per heavy atom. The van der Waals surface area contributed by atoms with Crippen molar-refractivity contribution in [1.82, 2.24) is 10.3 Å². The highest BCUT2D eigenvalue weighted by Gasteiger charge is 2.60. The van der Waals surface area contributed by atoms with Gasteiger partial charge in [0.2, 0.25) is 11.8 Å². The molecule has 1 aromatic heterocycles. The van der Waals surface area contributed by atoms with E-state index in [1.807, 2.05) is 19.9 Å². The summed E-state index contributed by atoms with van der Waals surface area (Å²) in [6, 6.07) is 4.39. The number of anilines is 1. The molecule has 0 spiro atoms. The van der Waals surface area contributed by atoms with Gasteiger partial charge in [0, 0.05) is 17.8 Å². The summed E-state index contributed by atoms with van der Waals surface area (Å²) in [5.41, 5.74) is 7.04. The Balaban J connectivity index is 2.01. The molecule has 2 aliphatic heterocycles. The first-order chi connectivity index (χ1) is 13.7. The average molecular weight is 398 g/mol. The highest BCUT2D eigenvalue weighted by Crippen LogP contribution is 2.54. The van der Waals surface area contributed by atoms with Gasteiger partial charge in [0.25, 0.3) is 0 Å². The van der Waals surface area contributed by atoms with E-state index in [-0.39, 0.29) is 24.5 Å². The minimum absolute atomic E-state index is 0.0278. The molecule has 7 nitrogen and oxygen atoms in total. The number of aryl methyl sites for hydroxylation is 2. The van der Waals surface area contributed by atoms with Crippen LogP contribution < -0.4 is 16.0 Å². The molecule has 3 heterocycles. The quantitative estimate of drug-likeness (QED) is 0.733.